The van der Waals surface area contributed by atoms with Crippen molar-refractivity contribution in [2.75, 3.05) is 6.54 Å². The van der Waals surface area contributed by atoms with Crippen LogP contribution in [-0.4, -0.2) is 21.0 Å². The molecule has 1 unspecified atom stereocenters. The summed E-state index contributed by atoms with van der Waals surface area (Å²) in [6.45, 7) is 7.34. The van der Waals surface area contributed by atoms with Crippen LogP contribution in [0, 0.1) is 0 Å². The number of halogens is 1. The van der Waals surface area contributed by atoms with Gasteiger partial charge in [0.25, 0.3) is 0 Å². The van der Waals surface area contributed by atoms with Crippen LogP contribution in [0.5, 0.6) is 0 Å². The zero-order chi connectivity index (χ0) is 15.9. The molecular weight excluding hydrogens is 308 g/mol. The molecule has 1 aromatic carbocycles. The third-order valence-corrected chi connectivity index (χ3v) is 5.20. The van der Waals surface area contributed by atoms with Crippen LogP contribution in [0.1, 0.15) is 45.6 Å². The molecule has 0 fully saturated rings. The summed E-state index contributed by atoms with van der Waals surface area (Å²) in [7, 11) is -3.49. The minimum Gasteiger partial charge on any atom is -0.313 e. The van der Waals surface area contributed by atoms with Gasteiger partial charge >= 0.3 is 0 Å². The number of unbranched alkanes of at least 4 members (excludes halogenated alkanes) is 1. The lowest BCUT2D eigenvalue weighted by molar-refractivity contribution is 0.534. The predicted octanol–water partition coefficient (Wildman–Crippen LogP) is 3.31. The second kappa shape index (κ2) is 8.73. The van der Waals surface area contributed by atoms with Crippen molar-refractivity contribution in [1.29, 1.82) is 0 Å². The van der Waals surface area contributed by atoms with Gasteiger partial charge in [-0.25, -0.2) is 13.1 Å². The Kier molecular flexibility index (Phi) is 7.66. The van der Waals surface area contributed by atoms with E-state index in [1.54, 1.807) is 18.2 Å². The van der Waals surface area contributed by atoms with E-state index in [9.17, 15) is 8.42 Å². The molecule has 0 aliphatic heterocycles. The van der Waals surface area contributed by atoms with Gasteiger partial charge in [-0.15, -0.1) is 0 Å². The van der Waals surface area contributed by atoms with Crippen molar-refractivity contribution in [3.63, 3.8) is 0 Å². The van der Waals surface area contributed by atoms with Crippen molar-refractivity contribution in [2.45, 2.75) is 57.5 Å². The Morgan fingerprint density at radius 3 is 2.62 bits per heavy atom. The quantitative estimate of drug-likeness (QED) is 0.729. The number of benzene rings is 1. The molecule has 0 saturated heterocycles. The minimum atomic E-state index is -3.49. The summed E-state index contributed by atoms with van der Waals surface area (Å²) >= 11 is 6.10. The molecule has 0 radical (unpaired) electrons. The van der Waals surface area contributed by atoms with E-state index in [-0.39, 0.29) is 10.9 Å². The van der Waals surface area contributed by atoms with E-state index in [2.05, 4.69) is 17.0 Å². The predicted molar refractivity (Wildman–Crippen MR) is 88.1 cm³/mol. The number of hydrogen-bond acceptors (Lipinski definition) is 3. The fourth-order valence-corrected chi connectivity index (χ4v) is 3.53. The first-order valence-corrected chi connectivity index (χ1v) is 9.28. The molecule has 0 amide bonds. The van der Waals surface area contributed by atoms with Crippen molar-refractivity contribution in [3.8, 4) is 0 Å². The summed E-state index contributed by atoms with van der Waals surface area (Å²) < 4.78 is 27.5. The molecule has 0 saturated carbocycles. The maximum Gasteiger partial charge on any atom is 0.240 e. The standard InChI is InChI=1S/C15H25ClN2O2S/c1-4-6-7-12(3)18-21(19,20)14-8-9-15(16)13(10-14)11-17-5-2/h8-10,12,17-18H,4-7,11H2,1-3H3. The van der Waals surface area contributed by atoms with Gasteiger partial charge in [0, 0.05) is 17.6 Å². The molecule has 0 aromatic heterocycles. The average molecular weight is 333 g/mol. The third-order valence-electron chi connectivity index (χ3n) is 3.24. The topological polar surface area (TPSA) is 58.2 Å². The number of hydrogen-bond donors (Lipinski definition) is 2. The first kappa shape index (κ1) is 18.4. The highest BCUT2D eigenvalue weighted by Crippen LogP contribution is 2.21. The van der Waals surface area contributed by atoms with Crippen LogP contribution in [0.3, 0.4) is 0 Å². The van der Waals surface area contributed by atoms with E-state index in [1.807, 2.05) is 13.8 Å². The molecular formula is C15H25ClN2O2S. The van der Waals surface area contributed by atoms with Crippen LogP contribution >= 0.6 is 11.6 Å². The molecule has 0 aliphatic rings. The van der Waals surface area contributed by atoms with Crippen molar-refractivity contribution in [2.24, 2.45) is 0 Å². The molecule has 1 rings (SSSR count). The Morgan fingerprint density at radius 1 is 1.29 bits per heavy atom. The maximum absolute atomic E-state index is 12.4. The number of nitrogens with one attached hydrogen (secondary N) is 2. The van der Waals surface area contributed by atoms with Gasteiger partial charge in [0.05, 0.1) is 4.90 Å². The van der Waals surface area contributed by atoms with Gasteiger partial charge in [0.1, 0.15) is 0 Å². The number of sulfonamides is 1. The fraction of sp³-hybridized carbons (Fsp3) is 0.600. The van der Waals surface area contributed by atoms with Crippen LogP contribution in [0.25, 0.3) is 0 Å². The molecule has 0 spiro atoms. The first-order chi connectivity index (χ1) is 9.90. The summed E-state index contributed by atoms with van der Waals surface area (Å²) in [4.78, 5) is 0.267. The molecule has 0 heterocycles. The van der Waals surface area contributed by atoms with Gasteiger partial charge in [-0.1, -0.05) is 38.3 Å². The van der Waals surface area contributed by atoms with Crippen LogP contribution < -0.4 is 10.0 Å². The minimum absolute atomic E-state index is 0.0668. The van der Waals surface area contributed by atoms with Crippen LogP contribution in [-0.2, 0) is 16.6 Å². The molecule has 2 N–H and O–H groups in total. The average Bonchev–Trinajstić information content (AvgIpc) is 2.43. The van der Waals surface area contributed by atoms with E-state index >= 15 is 0 Å². The van der Waals surface area contributed by atoms with E-state index in [0.29, 0.717) is 11.6 Å². The zero-order valence-corrected chi connectivity index (χ0v) is 14.5. The number of rotatable bonds is 9. The lowest BCUT2D eigenvalue weighted by Crippen LogP contribution is -2.32. The molecule has 6 heteroatoms. The van der Waals surface area contributed by atoms with E-state index in [4.69, 9.17) is 11.6 Å². The Bertz CT molecular complexity index is 547. The van der Waals surface area contributed by atoms with Crippen molar-refractivity contribution in [1.82, 2.24) is 10.0 Å². The largest absolute Gasteiger partial charge is 0.313 e. The summed E-state index contributed by atoms with van der Waals surface area (Å²) in [5, 5.41) is 3.73. The van der Waals surface area contributed by atoms with E-state index in [0.717, 1.165) is 31.4 Å². The highest BCUT2D eigenvalue weighted by molar-refractivity contribution is 7.89. The highest BCUT2D eigenvalue weighted by atomic mass is 35.5. The van der Waals surface area contributed by atoms with Gasteiger partial charge in [-0.05, 0) is 43.7 Å². The molecule has 4 nitrogen and oxygen atoms in total. The summed E-state index contributed by atoms with van der Waals surface area (Å²) in [5.74, 6) is 0. The van der Waals surface area contributed by atoms with Gasteiger partial charge in [0.15, 0.2) is 0 Å². The Labute approximate surface area is 133 Å². The van der Waals surface area contributed by atoms with Crippen molar-refractivity contribution in [3.05, 3.63) is 28.8 Å². The van der Waals surface area contributed by atoms with E-state index in [1.165, 1.54) is 0 Å². The highest BCUT2D eigenvalue weighted by Gasteiger charge is 2.18. The van der Waals surface area contributed by atoms with Gasteiger partial charge in [0.2, 0.25) is 10.0 Å². The van der Waals surface area contributed by atoms with Gasteiger partial charge in [-0.2, -0.15) is 0 Å². The normalized spacial score (nSPS) is 13.3. The lowest BCUT2D eigenvalue weighted by Gasteiger charge is -2.15. The Balaban J connectivity index is 2.87. The zero-order valence-electron chi connectivity index (χ0n) is 12.9. The fourth-order valence-electron chi connectivity index (χ4n) is 2.02. The molecule has 0 aliphatic carbocycles. The monoisotopic (exact) mass is 332 g/mol. The second-order valence-corrected chi connectivity index (χ2v) is 7.32. The van der Waals surface area contributed by atoms with Crippen molar-refractivity contribution < 1.29 is 8.42 Å². The molecule has 120 valence electrons. The van der Waals surface area contributed by atoms with Gasteiger partial charge < -0.3 is 5.32 Å². The smallest absolute Gasteiger partial charge is 0.240 e. The van der Waals surface area contributed by atoms with Crippen LogP contribution in [0.15, 0.2) is 23.1 Å². The van der Waals surface area contributed by atoms with Crippen molar-refractivity contribution >= 4 is 21.6 Å². The SMILES string of the molecule is CCCCC(C)NS(=O)(=O)c1ccc(Cl)c(CNCC)c1. The lowest BCUT2D eigenvalue weighted by atomic mass is 10.2. The van der Waals surface area contributed by atoms with Crippen LogP contribution in [0.4, 0.5) is 0 Å². The molecule has 1 aromatic rings. The molecule has 21 heavy (non-hydrogen) atoms. The van der Waals surface area contributed by atoms with Gasteiger partial charge in [-0.3, -0.25) is 0 Å². The molecule has 0 bridgehead atoms. The summed E-state index contributed by atoms with van der Waals surface area (Å²) in [6.07, 6.45) is 2.91. The Morgan fingerprint density at radius 2 is 2.00 bits per heavy atom. The maximum atomic E-state index is 12.4. The van der Waals surface area contributed by atoms with Crippen LogP contribution in [0.2, 0.25) is 5.02 Å². The Hall–Kier alpha value is -0.620. The van der Waals surface area contributed by atoms with E-state index < -0.39 is 10.0 Å². The third kappa shape index (κ3) is 5.94. The first-order valence-electron chi connectivity index (χ1n) is 7.42. The molecule has 1 atom stereocenters. The second-order valence-electron chi connectivity index (χ2n) is 5.20. The summed E-state index contributed by atoms with van der Waals surface area (Å²) in [5.41, 5.74) is 0.794. The summed E-state index contributed by atoms with van der Waals surface area (Å²) in [6, 6.07) is 4.76.